The van der Waals surface area contributed by atoms with Crippen LogP contribution < -0.4 is 9.47 Å². The van der Waals surface area contributed by atoms with Crippen LogP contribution >= 0.6 is 0 Å². The number of methoxy groups -OCH3 is 2. The van der Waals surface area contributed by atoms with E-state index in [4.69, 9.17) is 14.2 Å². The van der Waals surface area contributed by atoms with Gasteiger partial charge in [-0.1, -0.05) is 18.2 Å². The average molecular weight is 373 g/mol. The normalized spacial score (nSPS) is 19.6. The van der Waals surface area contributed by atoms with Crippen molar-refractivity contribution in [3.05, 3.63) is 59.4 Å². The number of halogens is 1. The Morgan fingerprint density at radius 1 is 1.11 bits per heavy atom. The lowest BCUT2D eigenvalue weighted by atomic mass is 10.0. The molecule has 1 aliphatic rings. The summed E-state index contributed by atoms with van der Waals surface area (Å²) in [4.78, 5) is 14.6. The first-order valence-corrected chi connectivity index (χ1v) is 8.89. The second kappa shape index (κ2) is 8.39. The summed E-state index contributed by atoms with van der Waals surface area (Å²) in [5.41, 5.74) is 1.72. The summed E-state index contributed by atoms with van der Waals surface area (Å²) in [6.45, 7) is 2.91. The van der Waals surface area contributed by atoms with Gasteiger partial charge in [0.1, 0.15) is 11.9 Å². The van der Waals surface area contributed by atoms with Crippen molar-refractivity contribution in [3.8, 4) is 11.5 Å². The minimum Gasteiger partial charge on any atom is -0.493 e. The molecule has 1 amide bonds. The zero-order valence-corrected chi connectivity index (χ0v) is 15.8. The van der Waals surface area contributed by atoms with Crippen molar-refractivity contribution in [1.82, 2.24) is 4.90 Å². The quantitative estimate of drug-likeness (QED) is 0.806. The van der Waals surface area contributed by atoms with Crippen LogP contribution in [0.4, 0.5) is 4.39 Å². The summed E-state index contributed by atoms with van der Waals surface area (Å²) in [5, 5.41) is 0. The summed E-state index contributed by atoms with van der Waals surface area (Å²) in [6, 6.07) is 11.7. The molecule has 144 valence electrons. The summed E-state index contributed by atoms with van der Waals surface area (Å²) in [7, 11) is 3.15. The fourth-order valence-corrected chi connectivity index (χ4v) is 3.29. The van der Waals surface area contributed by atoms with Crippen molar-refractivity contribution < 1.29 is 23.4 Å². The first-order chi connectivity index (χ1) is 13.0. The molecule has 0 aliphatic carbocycles. The highest BCUT2D eigenvalue weighted by Crippen LogP contribution is 2.29. The van der Waals surface area contributed by atoms with Gasteiger partial charge in [-0.2, -0.15) is 0 Å². The van der Waals surface area contributed by atoms with Gasteiger partial charge in [-0.15, -0.1) is 0 Å². The Morgan fingerprint density at radius 2 is 1.81 bits per heavy atom. The van der Waals surface area contributed by atoms with Gasteiger partial charge in [-0.05, 0) is 42.3 Å². The molecule has 2 aromatic rings. The summed E-state index contributed by atoms with van der Waals surface area (Å²) >= 11 is 0. The molecule has 0 N–H and O–H groups in total. The van der Waals surface area contributed by atoms with Gasteiger partial charge in [0.25, 0.3) is 0 Å². The standard InChI is InChI=1S/C21H24FNO4/c1-14-12-23(13-20(27-14)16-5-7-17(22)8-6-16)21(24)11-15-4-9-18(25-2)19(10-15)26-3/h4-10,14,20H,11-13H2,1-3H3. The Morgan fingerprint density at radius 3 is 2.48 bits per heavy atom. The summed E-state index contributed by atoms with van der Waals surface area (Å²) < 4.78 is 29.7. The summed E-state index contributed by atoms with van der Waals surface area (Å²) in [5.74, 6) is 0.959. The van der Waals surface area contributed by atoms with Crippen LogP contribution in [0.25, 0.3) is 0 Å². The molecular weight excluding hydrogens is 349 g/mol. The van der Waals surface area contributed by atoms with Gasteiger partial charge in [0.15, 0.2) is 11.5 Å². The lowest BCUT2D eigenvalue weighted by Crippen LogP contribution is -2.46. The van der Waals surface area contributed by atoms with Gasteiger partial charge >= 0.3 is 0 Å². The maximum absolute atomic E-state index is 13.2. The van der Waals surface area contributed by atoms with E-state index in [2.05, 4.69) is 0 Å². The Kier molecular flexibility index (Phi) is 5.96. The van der Waals surface area contributed by atoms with Gasteiger partial charge in [0.05, 0.1) is 33.3 Å². The van der Waals surface area contributed by atoms with Gasteiger partial charge in [-0.25, -0.2) is 4.39 Å². The van der Waals surface area contributed by atoms with Crippen LogP contribution in [-0.2, 0) is 16.0 Å². The summed E-state index contributed by atoms with van der Waals surface area (Å²) in [6.07, 6.45) is -0.0877. The monoisotopic (exact) mass is 373 g/mol. The van der Waals surface area contributed by atoms with Crippen LogP contribution in [0.15, 0.2) is 42.5 Å². The molecule has 0 bridgehead atoms. The van der Waals surface area contributed by atoms with Gasteiger partial charge < -0.3 is 19.1 Å². The number of hydrogen-bond acceptors (Lipinski definition) is 4. The maximum atomic E-state index is 13.2. The molecule has 5 nitrogen and oxygen atoms in total. The number of carbonyl (C=O) groups is 1. The Labute approximate surface area is 158 Å². The van der Waals surface area contributed by atoms with Crippen LogP contribution in [0.2, 0.25) is 0 Å². The molecule has 1 saturated heterocycles. The molecule has 27 heavy (non-hydrogen) atoms. The predicted octanol–water partition coefficient (Wildman–Crippen LogP) is 3.37. The number of rotatable bonds is 5. The van der Waals surface area contributed by atoms with Crippen molar-refractivity contribution in [2.45, 2.75) is 25.6 Å². The second-order valence-corrected chi connectivity index (χ2v) is 6.65. The maximum Gasteiger partial charge on any atom is 0.227 e. The van der Waals surface area contributed by atoms with E-state index in [1.54, 1.807) is 37.3 Å². The molecule has 0 aromatic heterocycles. The molecule has 2 atom stereocenters. The van der Waals surface area contributed by atoms with E-state index in [1.165, 1.54) is 12.1 Å². The Hall–Kier alpha value is -2.60. The lowest BCUT2D eigenvalue weighted by molar-refractivity contribution is -0.144. The van der Waals surface area contributed by atoms with E-state index in [-0.39, 0.29) is 30.4 Å². The molecular formula is C21H24FNO4. The number of amides is 1. The largest absolute Gasteiger partial charge is 0.493 e. The fourth-order valence-electron chi connectivity index (χ4n) is 3.29. The van der Waals surface area contributed by atoms with E-state index in [9.17, 15) is 9.18 Å². The highest BCUT2D eigenvalue weighted by molar-refractivity contribution is 5.79. The van der Waals surface area contributed by atoms with Crippen molar-refractivity contribution in [3.63, 3.8) is 0 Å². The number of ether oxygens (including phenoxy) is 3. The van der Waals surface area contributed by atoms with E-state index in [0.717, 1.165) is 11.1 Å². The van der Waals surface area contributed by atoms with Crippen LogP contribution in [0.3, 0.4) is 0 Å². The molecule has 1 fully saturated rings. The SMILES string of the molecule is COc1ccc(CC(=O)N2CC(C)OC(c3ccc(F)cc3)C2)cc1OC. The van der Waals surface area contributed by atoms with E-state index < -0.39 is 0 Å². The molecule has 1 heterocycles. The minimum absolute atomic E-state index is 0.0180. The van der Waals surface area contributed by atoms with Crippen molar-refractivity contribution in [1.29, 1.82) is 0 Å². The van der Waals surface area contributed by atoms with Crippen LogP contribution in [0, 0.1) is 5.82 Å². The topological polar surface area (TPSA) is 48.0 Å². The second-order valence-electron chi connectivity index (χ2n) is 6.65. The van der Waals surface area contributed by atoms with Crippen molar-refractivity contribution >= 4 is 5.91 Å². The minimum atomic E-state index is -0.288. The number of hydrogen-bond donors (Lipinski definition) is 0. The van der Waals surface area contributed by atoms with Gasteiger partial charge in [0.2, 0.25) is 5.91 Å². The lowest BCUT2D eigenvalue weighted by Gasteiger charge is -2.37. The number of morpholine rings is 1. The number of benzene rings is 2. The zero-order chi connectivity index (χ0) is 19.4. The van der Waals surface area contributed by atoms with Crippen molar-refractivity contribution in [2.24, 2.45) is 0 Å². The van der Waals surface area contributed by atoms with Crippen molar-refractivity contribution in [2.75, 3.05) is 27.3 Å². The van der Waals surface area contributed by atoms with Gasteiger partial charge in [0, 0.05) is 6.54 Å². The third kappa shape index (κ3) is 4.57. The van der Waals surface area contributed by atoms with E-state index in [1.807, 2.05) is 19.1 Å². The fraction of sp³-hybridized carbons (Fsp3) is 0.381. The molecule has 0 spiro atoms. The predicted molar refractivity (Wildman–Crippen MR) is 99.5 cm³/mol. The average Bonchev–Trinajstić information content (AvgIpc) is 2.67. The molecule has 0 saturated carbocycles. The number of nitrogens with zero attached hydrogens (tertiary/aromatic N) is 1. The molecule has 1 aliphatic heterocycles. The highest BCUT2D eigenvalue weighted by Gasteiger charge is 2.29. The molecule has 6 heteroatoms. The van der Waals surface area contributed by atoms with E-state index in [0.29, 0.717) is 24.6 Å². The molecule has 0 radical (unpaired) electrons. The first kappa shape index (κ1) is 19.2. The smallest absolute Gasteiger partial charge is 0.227 e. The van der Waals surface area contributed by atoms with Crippen LogP contribution in [-0.4, -0.2) is 44.2 Å². The van der Waals surface area contributed by atoms with Crippen LogP contribution in [0.1, 0.15) is 24.2 Å². The van der Waals surface area contributed by atoms with Gasteiger partial charge in [-0.3, -0.25) is 4.79 Å². The first-order valence-electron chi connectivity index (χ1n) is 8.89. The molecule has 2 aromatic carbocycles. The number of carbonyl (C=O) groups excluding carboxylic acids is 1. The molecule has 2 unspecified atom stereocenters. The third-order valence-electron chi connectivity index (χ3n) is 4.66. The Balaban J connectivity index is 1.71. The molecule has 3 rings (SSSR count). The highest BCUT2D eigenvalue weighted by atomic mass is 19.1. The van der Waals surface area contributed by atoms with Crippen LogP contribution in [0.5, 0.6) is 11.5 Å². The third-order valence-corrected chi connectivity index (χ3v) is 4.66. The Bertz CT molecular complexity index is 793. The zero-order valence-electron chi connectivity index (χ0n) is 15.8. The van der Waals surface area contributed by atoms with E-state index >= 15 is 0 Å².